The Morgan fingerprint density at radius 2 is 2.06 bits per heavy atom. The van der Waals surface area contributed by atoms with Crippen LogP contribution in [0.3, 0.4) is 0 Å². The largest absolute Gasteiger partial charge is 0.451 e. The number of carbonyl (C=O) groups excluding carboxylic acids is 1. The molecule has 0 bridgehead atoms. The van der Waals surface area contributed by atoms with Gasteiger partial charge in [-0.05, 0) is 54.8 Å². The summed E-state index contributed by atoms with van der Waals surface area (Å²) >= 11 is 16.9. The second-order valence-corrected chi connectivity index (χ2v) is 11.4. The van der Waals surface area contributed by atoms with Gasteiger partial charge in [0.1, 0.15) is 5.58 Å². The molecule has 0 fully saturated rings. The van der Waals surface area contributed by atoms with E-state index < -0.39 is 4.87 Å². The number of allylic oxidation sites excluding steroid dienone is 2. The van der Waals surface area contributed by atoms with Gasteiger partial charge in [-0.1, -0.05) is 57.9 Å². The molecule has 1 aliphatic carbocycles. The van der Waals surface area contributed by atoms with E-state index in [2.05, 4.69) is 33.0 Å². The van der Waals surface area contributed by atoms with Gasteiger partial charge in [0, 0.05) is 44.5 Å². The predicted octanol–water partition coefficient (Wildman–Crippen LogP) is 7.87. The van der Waals surface area contributed by atoms with Crippen molar-refractivity contribution in [3.63, 3.8) is 0 Å². The minimum Gasteiger partial charge on any atom is -0.451 e. The number of nitrogens with zero attached hydrogens (tertiary/aromatic N) is 1. The molecule has 4 nitrogen and oxygen atoms in total. The highest BCUT2D eigenvalue weighted by molar-refractivity contribution is 9.10. The van der Waals surface area contributed by atoms with Gasteiger partial charge in [-0.3, -0.25) is 4.79 Å². The van der Waals surface area contributed by atoms with Gasteiger partial charge in [0.15, 0.2) is 5.76 Å². The highest BCUT2D eigenvalue weighted by Gasteiger charge is 2.39. The fraction of sp³-hybridized carbons (Fsp3) is 0.222. The Labute approximate surface area is 215 Å². The Bertz CT molecular complexity index is 1530. The Morgan fingerprint density at radius 1 is 1.24 bits per heavy atom. The minimum atomic E-state index is -0.542. The number of amides is 1. The minimum absolute atomic E-state index is 0.161. The zero-order chi connectivity index (χ0) is 23.6. The molecule has 2 atom stereocenters. The summed E-state index contributed by atoms with van der Waals surface area (Å²) < 4.78 is 6.91. The number of carbonyl (C=O) groups is 1. The molecule has 2 aromatic carbocycles. The number of halogens is 3. The van der Waals surface area contributed by atoms with E-state index in [1.54, 1.807) is 0 Å². The lowest BCUT2D eigenvalue weighted by Crippen LogP contribution is -2.41. The lowest BCUT2D eigenvalue weighted by Gasteiger charge is -2.38. The van der Waals surface area contributed by atoms with Gasteiger partial charge in [-0.2, -0.15) is 0 Å². The van der Waals surface area contributed by atoms with Gasteiger partial charge in [-0.15, -0.1) is 11.6 Å². The maximum absolute atomic E-state index is 13.9. The molecule has 0 radical (unpaired) electrons. The van der Waals surface area contributed by atoms with Crippen molar-refractivity contribution in [2.75, 3.05) is 6.54 Å². The molecule has 2 aromatic heterocycles. The van der Waals surface area contributed by atoms with Crippen molar-refractivity contribution in [3.8, 4) is 0 Å². The van der Waals surface area contributed by atoms with Gasteiger partial charge >= 0.3 is 0 Å². The molecule has 7 heteroatoms. The second-order valence-electron chi connectivity index (χ2n) is 9.16. The van der Waals surface area contributed by atoms with Gasteiger partial charge in [0.05, 0.1) is 10.9 Å². The topological polar surface area (TPSA) is 49.2 Å². The van der Waals surface area contributed by atoms with Crippen molar-refractivity contribution in [3.05, 3.63) is 92.8 Å². The molecule has 3 heterocycles. The lowest BCUT2D eigenvalue weighted by molar-refractivity contribution is 0.0660. The van der Waals surface area contributed by atoms with Crippen LogP contribution in [0.4, 0.5) is 0 Å². The van der Waals surface area contributed by atoms with Crippen molar-refractivity contribution in [1.29, 1.82) is 0 Å². The summed E-state index contributed by atoms with van der Waals surface area (Å²) in [6.07, 6.45) is 5.19. The maximum Gasteiger partial charge on any atom is 0.290 e. The number of alkyl halides is 1. The van der Waals surface area contributed by atoms with E-state index in [-0.39, 0.29) is 11.9 Å². The molecule has 2 aliphatic rings. The van der Waals surface area contributed by atoms with Crippen LogP contribution in [0, 0.1) is 0 Å². The first kappa shape index (κ1) is 22.0. The van der Waals surface area contributed by atoms with Crippen molar-refractivity contribution in [2.24, 2.45) is 0 Å². The summed E-state index contributed by atoms with van der Waals surface area (Å²) in [5.41, 5.74) is 4.84. The first-order chi connectivity index (χ1) is 16.3. The maximum atomic E-state index is 13.9. The van der Waals surface area contributed by atoms with Crippen LogP contribution >= 0.6 is 39.1 Å². The fourth-order valence-electron chi connectivity index (χ4n) is 5.10. The molecule has 1 N–H and O–H groups in total. The van der Waals surface area contributed by atoms with Gasteiger partial charge in [-0.25, -0.2) is 0 Å². The zero-order valence-corrected chi connectivity index (χ0v) is 21.5. The molecule has 0 spiro atoms. The number of aromatic nitrogens is 1. The quantitative estimate of drug-likeness (QED) is 0.256. The van der Waals surface area contributed by atoms with Crippen molar-refractivity contribution in [1.82, 2.24) is 9.88 Å². The summed E-state index contributed by atoms with van der Waals surface area (Å²) in [5.74, 6) is 0.155. The van der Waals surface area contributed by atoms with Crippen LogP contribution in [0.2, 0.25) is 0 Å². The smallest absolute Gasteiger partial charge is 0.290 e. The van der Waals surface area contributed by atoms with E-state index in [4.69, 9.17) is 27.6 Å². The van der Waals surface area contributed by atoms with Crippen LogP contribution in [-0.4, -0.2) is 27.2 Å². The van der Waals surface area contributed by atoms with Crippen LogP contribution in [-0.2, 0) is 6.42 Å². The number of furan rings is 1. The third-order valence-electron chi connectivity index (χ3n) is 6.70. The van der Waals surface area contributed by atoms with E-state index in [0.29, 0.717) is 29.3 Å². The van der Waals surface area contributed by atoms with E-state index in [9.17, 15) is 4.79 Å². The average Bonchev–Trinajstić information content (AvgIpc) is 3.39. The molecule has 6 rings (SSSR count). The predicted molar refractivity (Wildman–Crippen MR) is 141 cm³/mol. The Kier molecular flexibility index (Phi) is 5.21. The highest BCUT2D eigenvalue weighted by atomic mass is 79.9. The molecule has 172 valence electrons. The number of hydrogen-bond donors (Lipinski definition) is 1. The standard InChI is InChI=1S/C27H21BrCl2N2O2/c1-27(30)10-8-19(20(29)14-27)25-24-18(17-4-2-3-5-21(17)31-24)9-11-32(25)26(33)23-13-15-12-16(28)6-7-22(15)34-23/h2-8,10,12-13,25,31H,9,11,14H2,1H3. The highest BCUT2D eigenvalue weighted by Crippen LogP contribution is 2.45. The number of benzene rings is 2. The van der Waals surface area contributed by atoms with E-state index in [1.807, 2.05) is 60.4 Å². The molecule has 2 unspecified atom stereocenters. The van der Waals surface area contributed by atoms with E-state index >= 15 is 0 Å². The molecule has 0 saturated heterocycles. The van der Waals surface area contributed by atoms with E-state index in [0.717, 1.165) is 33.1 Å². The van der Waals surface area contributed by atoms with Crippen LogP contribution in [0.5, 0.6) is 0 Å². The zero-order valence-electron chi connectivity index (χ0n) is 18.4. The van der Waals surface area contributed by atoms with Crippen LogP contribution in [0.25, 0.3) is 21.9 Å². The number of fused-ring (bicyclic) bond motifs is 4. The van der Waals surface area contributed by atoms with Gasteiger partial charge in [0.25, 0.3) is 5.91 Å². The average molecular weight is 556 g/mol. The number of aromatic amines is 1. The van der Waals surface area contributed by atoms with Crippen LogP contribution < -0.4 is 0 Å². The number of rotatable bonds is 2. The van der Waals surface area contributed by atoms with Gasteiger partial charge in [0.2, 0.25) is 0 Å². The lowest BCUT2D eigenvalue weighted by atomic mass is 9.87. The molecule has 1 aliphatic heterocycles. The first-order valence-corrected chi connectivity index (χ1v) is 12.7. The molecule has 34 heavy (non-hydrogen) atoms. The third-order valence-corrected chi connectivity index (χ3v) is 7.81. The van der Waals surface area contributed by atoms with E-state index in [1.165, 1.54) is 10.9 Å². The summed E-state index contributed by atoms with van der Waals surface area (Å²) in [5, 5.41) is 2.73. The monoisotopic (exact) mass is 554 g/mol. The fourth-order valence-corrected chi connectivity index (χ4v) is 6.19. The molecule has 4 aromatic rings. The molecule has 0 saturated carbocycles. The SMILES string of the molecule is CC1(Cl)C=CC(C2c3[nH]c4ccccc4c3CCN2C(=O)c2cc3cc(Br)ccc3o2)=C(Cl)C1. The van der Waals surface area contributed by atoms with Crippen molar-refractivity contribution < 1.29 is 9.21 Å². The summed E-state index contributed by atoms with van der Waals surface area (Å²) in [4.78, 5) is 18.8. The van der Waals surface area contributed by atoms with Crippen molar-refractivity contribution in [2.45, 2.75) is 30.7 Å². The Hall–Kier alpha value is -2.47. The van der Waals surface area contributed by atoms with Crippen molar-refractivity contribution >= 4 is 66.9 Å². The second kappa shape index (κ2) is 8.04. The number of para-hydroxylation sites is 1. The summed E-state index contributed by atoms with van der Waals surface area (Å²) in [6.45, 7) is 2.49. The Balaban J connectivity index is 1.49. The third kappa shape index (κ3) is 3.62. The number of nitrogens with one attached hydrogen (secondary N) is 1. The Morgan fingerprint density at radius 3 is 2.88 bits per heavy atom. The molecular formula is C27H21BrCl2N2O2. The summed E-state index contributed by atoms with van der Waals surface area (Å²) in [6, 6.07) is 15.4. The van der Waals surface area contributed by atoms with Gasteiger partial charge < -0.3 is 14.3 Å². The van der Waals surface area contributed by atoms with Crippen LogP contribution in [0.1, 0.15) is 41.2 Å². The number of hydrogen-bond acceptors (Lipinski definition) is 2. The van der Waals surface area contributed by atoms with Crippen LogP contribution in [0.15, 0.2) is 80.2 Å². The molecular weight excluding hydrogens is 535 g/mol. The normalized spacial score (nSPS) is 22.6. The molecule has 1 amide bonds. The summed E-state index contributed by atoms with van der Waals surface area (Å²) in [7, 11) is 0. The number of H-pyrrole nitrogens is 1. The first-order valence-electron chi connectivity index (χ1n) is 11.2.